The van der Waals surface area contributed by atoms with Gasteiger partial charge in [-0.2, -0.15) is 5.26 Å². The monoisotopic (exact) mass is 283 g/mol. The molecule has 5 heteroatoms. The Kier molecular flexibility index (Phi) is 3.50. The molecule has 0 unspecified atom stereocenters. The van der Waals surface area contributed by atoms with E-state index in [1.807, 2.05) is 18.2 Å². The second kappa shape index (κ2) is 5.45. The molecule has 4 nitrogen and oxygen atoms in total. The van der Waals surface area contributed by atoms with Crippen LogP contribution in [0.3, 0.4) is 0 Å². The van der Waals surface area contributed by atoms with Gasteiger partial charge < -0.3 is 10.6 Å². The van der Waals surface area contributed by atoms with E-state index in [4.69, 9.17) is 5.26 Å². The van der Waals surface area contributed by atoms with Crippen molar-refractivity contribution in [1.29, 1.82) is 5.26 Å². The predicted molar refractivity (Wildman–Crippen MR) is 78.8 cm³/mol. The van der Waals surface area contributed by atoms with Crippen LogP contribution in [-0.4, -0.2) is 12.5 Å². The van der Waals surface area contributed by atoms with Crippen molar-refractivity contribution < 1.29 is 4.79 Å². The van der Waals surface area contributed by atoms with Gasteiger partial charge in [0.05, 0.1) is 5.56 Å². The number of amides is 1. The highest BCUT2D eigenvalue weighted by atomic mass is 32.1. The van der Waals surface area contributed by atoms with Crippen LogP contribution >= 0.6 is 11.3 Å². The smallest absolute Gasteiger partial charge is 0.256 e. The van der Waals surface area contributed by atoms with E-state index in [9.17, 15) is 4.79 Å². The topological polar surface area (TPSA) is 64.9 Å². The summed E-state index contributed by atoms with van der Waals surface area (Å²) in [4.78, 5) is 12.4. The Morgan fingerprint density at radius 1 is 1.40 bits per heavy atom. The lowest BCUT2D eigenvalue weighted by Gasteiger charge is -2.19. The molecule has 2 aromatic rings. The minimum Gasteiger partial charge on any atom is -0.312 e. The third kappa shape index (κ3) is 2.31. The van der Waals surface area contributed by atoms with Crippen LogP contribution in [0.4, 0.5) is 5.00 Å². The number of nitriles is 1. The fourth-order valence-electron chi connectivity index (χ4n) is 2.41. The van der Waals surface area contributed by atoms with Crippen LogP contribution in [0.15, 0.2) is 29.6 Å². The molecule has 0 saturated carbocycles. The number of carbonyl (C=O) groups excluding carboxylic acids is 1. The van der Waals surface area contributed by atoms with Crippen LogP contribution in [-0.2, 0) is 13.0 Å². The average molecular weight is 283 g/mol. The number of hydrogen-bond acceptors (Lipinski definition) is 4. The third-order valence-electron chi connectivity index (χ3n) is 3.40. The molecule has 2 N–H and O–H groups in total. The van der Waals surface area contributed by atoms with Crippen molar-refractivity contribution in [3.63, 3.8) is 0 Å². The van der Waals surface area contributed by atoms with Gasteiger partial charge in [-0.15, -0.1) is 11.3 Å². The second-order valence-corrected chi connectivity index (χ2v) is 5.52. The summed E-state index contributed by atoms with van der Waals surface area (Å²) in [6.07, 6.45) is 0.856. The summed E-state index contributed by atoms with van der Waals surface area (Å²) in [6, 6.07) is 9.59. The van der Waals surface area contributed by atoms with E-state index in [-0.39, 0.29) is 5.91 Å². The molecule has 1 aliphatic heterocycles. The Bertz CT molecular complexity index is 699. The van der Waals surface area contributed by atoms with Gasteiger partial charge >= 0.3 is 0 Å². The number of nitrogens with one attached hydrogen (secondary N) is 2. The van der Waals surface area contributed by atoms with Crippen LogP contribution in [0.5, 0.6) is 0 Å². The van der Waals surface area contributed by atoms with Gasteiger partial charge in [0, 0.05) is 12.1 Å². The molecule has 0 radical (unpaired) electrons. The number of nitrogens with zero attached hydrogens (tertiary/aromatic N) is 1. The number of anilines is 1. The summed E-state index contributed by atoms with van der Waals surface area (Å²) < 4.78 is 0. The van der Waals surface area contributed by atoms with E-state index in [2.05, 4.69) is 16.7 Å². The van der Waals surface area contributed by atoms with Crippen molar-refractivity contribution >= 4 is 22.2 Å². The van der Waals surface area contributed by atoms with Crippen LogP contribution < -0.4 is 10.6 Å². The molecule has 0 aliphatic carbocycles. The molecule has 1 aliphatic rings. The molecule has 0 atom stereocenters. The van der Waals surface area contributed by atoms with Crippen LogP contribution in [0.1, 0.15) is 27.0 Å². The molecule has 2 heterocycles. The van der Waals surface area contributed by atoms with E-state index >= 15 is 0 Å². The number of hydrogen-bond donors (Lipinski definition) is 2. The number of thiophene rings is 1. The SMILES string of the molecule is N#Cc1ccsc1NC(=O)c1cccc2c1CCNC2. The van der Waals surface area contributed by atoms with Crippen molar-refractivity contribution in [1.82, 2.24) is 5.32 Å². The fourth-order valence-corrected chi connectivity index (χ4v) is 3.14. The summed E-state index contributed by atoms with van der Waals surface area (Å²) in [7, 11) is 0. The van der Waals surface area contributed by atoms with E-state index in [0.717, 1.165) is 25.1 Å². The first-order chi connectivity index (χ1) is 9.79. The largest absolute Gasteiger partial charge is 0.312 e. The number of fused-ring (bicyclic) bond motifs is 1. The molecule has 0 spiro atoms. The van der Waals surface area contributed by atoms with Crippen molar-refractivity contribution in [2.45, 2.75) is 13.0 Å². The maximum Gasteiger partial charge on any atom is 0.256 e. The van der Waals surface area contributed by atoms with Crippen LogP contribution in [0, 0.1) is 11.3 Å². The summed E-state index contributed by atoms with van der Waals surface area (Å²) in [5.74, 6) is -0.136. The average Bonchev–Trinajstić information content (AvgIpc) is 2.93. The van der Waals surface area contributed by atoms with Gasteiger partial charge in [0.15, 0.2) is 0 Å². The molecule has 1 aromatic heterocycles. The van der Waals surface area contributed by atoms with Crippen molar-refractivity contribution in [3.05, 3.63) is 51.9 Å². The molecule has 0 fully saturated rings. The van der Waals surface area contributed by atoms with Crippen molar-refractivity contribution in [2.24, 2.45) is 0 Å². The molecule has 0 saturated heterocycles. The molecule has 1 amide bonds. The summed E-state index contributed by atoms with van der Waals surface area (Å²) in [5, 5.41) is 17.5. The first-order valence-electron chi connectivity index (χ1n) is 6.40. The Morgan fingerprint density at radius 2 is 2.30 bits per heavy atom. The lowest BCUT2D eigenvalue weighted by molar-refractivity contribution is 0.102. The standard InChI is InChI=1S/C15H13N3OS/c16-8-10-5-7-20-15(10)18-14(19)13-3-1-2-11-9-17-6-4-12(11)13/h1-3,5,7,17H,4,6,9H2,(H,18,19). The number of benzene rings is 1. The molecular formula is C15H13N3OS. The second-order valence-electron chi connectivity index (χ2n) is 4.60. The minimum absolute atomic E-state index is 0.136. The summed E-state index contributed by atoms with van der Waals surface area (Å²) in [6.45, 7) is 1.69. The molecule has 20 heavy (non-hydrogen) atoms. The quantitative estimate of drug-likeness (QED) is 0.890. The fraction of sp³-hybridized carbons (Fsp3) is 0.200. The molecular weight excluding hydrogens is 270 g/mol. The first-order valence-corrected chi connectivity index (χ1v) is 7.28. The van der Waals surface area contributed by atoms with Gasteiger partial charge in [0.1, 0.15) is 11.1 Å². The Hall–Kier alpha value is -2.16. The lowest BCUT2D eigenvalue weighted by Crippen LogP contribution is -2.26. The van der Waals surface area contributed by atoms with Crippen LogP contribution in [0.2, 0.25) is 0 Å². The van der Waals surface area contributed by atoms with Gasteiger partial charge in [-0.3, -0.25) is 4.79 Å². The zero-order valence-corrected chi connectivity index (χ0v) is 11.6. The minimum atomic E-state index is -0.136. The number of rotatable bonds is 2. The molecule has 100 valence electrons. The maximum absolute atomic E-state index is 12.4. The predicted octanol–water partition coefficient (Wildman–Crippen LogP) is 2.52. The van der Waals surface area contributed by atoms with Gasteiger partial charge in [0.25, 0.3) is 5.91 Å². The highest BCUT2D eigenvalue weighted by Gasteiger charge is 2.18. The van der Waals surface area contributed by atoms with E-state index < -0.39 is 0 Å². The third-order valence-corrected chi connectivity index (χ3v) is 4.23. The maximum atomic E-state index is 12.4. The van der Waals surface area contributed by atoms with Gasteiger partial charge in [-0.25, -0.2) is 0 Å². The Labute approximate surface area is 121 Å². The van der Waals surface area contributed by atoms with Gasteiger partial charge in [0.2, 0.25) is 0 Å². The van der Waals surface area contributed by atoms with Gasteiger partial charge in [-0.1, -0.05) is 12.1 Å². The Morgan fingerprint density at radius 3 is 3.15 bits per heavy atom. The highest BCUT2D eigenvalue weighted by molar-refractivity contribution is 7.14. The lowest BCUT2D eigenvalue weighted by atomic mass is 9.95. The van der Waals surface area contributed by atoms with Crippen molar-refractivity contribution in [2.75, 3.05) is 11.9 Å². The normalized spacial score (nSPS) is 13.3. The van der Waals surface area contributed by atoms with E-state index in [1.165, 1.54) is 16.9 Å². The van der Waals surface area contributed by atoms with E-state index in [1.54, 1.807) is 11.4 Å². The highest BCUT2D eigenvalue weighted by Crippen LogP contribution is 2.25. The Balaban J connectivity index is 1.90. The summed E-state index contributed by atoms with van der Waals surface area (Å²) in [5.41, 5.74) is 3.51. The van der Waals surface area contributed by atoms with Crippen molar-refractivity contribution in [3.8, 4) is 6.07 Å². The van der Waals surface area contributed by atoms with E-state index in [0.29, 0.717) is 16.1 Å². The van der Waals surface area contributed by atoms with Gasteiger partial charge in [-0.05, 0) is 41.6 Å². The first kappa shape index (κ1) is 12.9. The number of carbonyl (C=O) groups is 1. The van der Waals surface area contributed by atoms with Crippen LogP contribution in [0.25, 0.3) is 0 Å². The zero-order valence-electron chi connectivity index (χ0n) is 10.8. The zero-order chi connectivity index (χ0) is 13.9. The molecule has 3 rings (SSSR count). The summed E-state index contributed by atoms with van der Waals surface area (Å²) >= 11 is 1.37. The molecule has 0 bridgehead atoms. The molecule has 1 aromatic carbocycles.